The van der Waals surface area contributed by atoms with E-state index < -0.39 is 11.6 Å². The van der Waals surface area contributed by atoms with Crippen LogP contribution in [0.2, 0.25) is 0 Å². The van der Waals surface area contributed by atoms with Gasteiger partial charge in [-0.25, -0.2) is 4.79 Å². The zero-order valence-corrected chi connectivity index (χ0v) is 12.0. The molecule has 0 saturated carbocycles. The Kier molecular flexibility index (Phi) is 4.30. The Morgan fingerprint density at radius 3 is 2.50 bits per heavy atom. The first-order chi connectivity index (χ1) is 9.38. The lowest BCUT2D eigenvalue weighted by Gasteiger charge is -2.38. The minimum absolute atomic E-state index is 0.171. The highest BCUT2D eigenvalue weighted by molar-refractivity contribution is 5.76. The molecule has 1 aliphatic heterocycles. The molecule has 0 spiro atoms. The Hall–Kier alpha value is -1.59. The molecule has 5 nitrogen and oxygen atoms in total. The lowest BCUT2D eigenvalue weighted by Crippen LogP contribution is -2.53. The number of piperazine rings is 1. The number of carboxylic acids is 1. The molecule has 1 aliphatic rings. The van der Waals surface area contributed by atoms with E-state index in [1.54, 1.807) is 0 Å². The van der Waals surface area contributed by atoms with Gasteiger partial charge in [-0.3, -0.25) is 4.90 Å². The summed E-state index contributed by atoms with van der Waals surface area (Å²) in [6, 6.07) is 8.37. The maximum atomic E-state index is 10.9. The van der Waals surface area contributed by atoms with Crippen LogP contribution in [0.1, 0.15) is 12.5 Å². The number of β-amino-alcohol motifs (C(OH)–C–C–N with tert-alkyl or cyclic N) is 1. The third-order valence-electron chi connectivity index (χ3n) is 3.73. The summed E-state index contributed by atoms with van der Waals surface area (Å²) in [6.07, 6.45) is 0. The van der Waals surface area contributed by atoms with Gasteiger partial charge in [0, 0.05) is 38.4 Å². The van der Waals surface area contributed by atoms with Crippen LogP contribution in [-0.4, -0.2) is 59.4 Å². The summed E-state index contributed by atoms with van der Waals surface area (Å²) in [6.45, 7) is 6.81. The highest BCUT2D eigenvalue weighted by atomic mass is 16.4. The zero-order chi connectivity index (χ0) is 14.8. The fourth-order valence-electron chi connectivity index (χ4n) is 2.49. The average molecular weight is 278 g/mol. The molecule has 1 saturated heterocycles. The summed E-state index contributed by atoms with van der Waals surface area (Å²) in [4.78, 5) is 15.2. The average Bonchev–Trinajstić information content (AvgIpc) is 2.39. The quantitative estimate of drug-likeness (QED) is 0.858. The molecule has 5 heteroatoms. The van der Waals surface area contributed by atoms with Crippen LogP contribution in [0.25, 0.3) is 0 Å². The molecule has 1 heterocycles. The van der Waals surface area contributed by atoms with Crippen molar-refractivity contribution in [3.63, 3.8) is 0 Å². The number of carbonyl (C=O) groups is 1. The Morgan fingerprint density at radius 1 is 1.30 bits per heavy atom. The third-order valence-corrected chi connectivity index (χ3v) is 3.73. The Morgan fingerprint density at radius 2 is 1.95 bits per heavy atom. The number of benzene rings is 1. The number of aryl methyl sites for hydroxylation is 1. The van der Waals surface area contributed by atoms with Gasteiger partial charge in [0.2, 0.25) is 0 Å². The molecule has 0 radical (unpaired) electrons. The minimum atomic E-state index is -1.68. The van der Waals surface area contributed by atoms with Gasteiger partial charge in [0.25, 0.3) is 0 Å². The summed E-state index contributed by atoms with van der Waals surface area (Å²) >= 11 is 0. The molecule has 1 fully saturated rings. The van der Waals surface area contributed by atoms with Gasteiger partial charge >= 0.3 is 5.97 Å². The summed E-state index contributed by atoms with van der Waals surface area (Å²) in [7, 11) is 0. The number of hydrogen-bond donors (Lipinski definition) is 2. The van der Waals surface area contributed by atoms with E-state index in [1.165, 1.54) is 18.2 Å². The molecule has 1 unspecified atom stereocenters. The third kappa shape index (κ3) is 3.49. The van der Waals surface area contributed by atoms with Crippen LogP contribution in [0.5, 0.6) is 0 Å². The largest absolute Gasteiger partial charge is 0.479 e. The van der Waals surface area contributed by atoms with E-state index in [0.29, 0.717) is 0 Å². The van der Waals surface area contributed by atoms with E-state index in [0.717, 1.165) is 26.2 Å². The normalized spacial score (nSPS) is 19.6. The first-order valence-corrected chi connectivity index (χ1v) is 6.88. The highest BCUT2D eigenvalue weighted by Gasteiger charge is 2.33. The van der Waals surface area contributed by atoms with E-state index in [-0.39, 0.29) is 6.54 Å². The Bertz CT molecular complexity index is 480. The van der Waals surface area contributed by atoms with Crippen molar-refractivity contribution in [3.8, 4) is 0 Å². The number of aliphatic carboxylic acids is 1. The number of hydrogen-bond acceptors (Lipinski definition) is 4. The molecule has 0 bridgehead atoms. The predicted octanol–water partition coefficient (Wildman–Crippen LogP) is 0.953. The van der Waals surface area contributed by atoms with E-state index in [2.05, 4.69) is 30.0 Å². The first kappa shape index (κ1) is 14.8. The number of anilines is 1. The summed E-state index contributed by atoms with van der Waals surface area (Å²) in [5.74, 6) is -1.17. The molecule has 110 valence electrons. The molecule has 2 N–H and O–H groups in total. The van der Waals surface area contributed by atoms with Gasteiger partial charge in [0.1, 0.15) is 0 Å². The van der Waals surface area contributed by atoms with Crippen molar-refractivity contribution < 1.29 is 15.0 Å². The van der Waals surface area contributed by atoms with Crippen molar-refractivity contribution in [1.29, 1.82) is 0 Å². The van der Waals surface area contributed by atoms with Gasteiger partial charge in [-0.2, -0.15) is 0 Å². The SMILES string of the molecule is Cc1cccc(N2CCN(CC(C)(O)C(=O)O)CC2)c1. The fourth-order valence-corrected chi connectivity index (χ4v) is 2.49. The van der Waals surface area contributed by atoms with Gasteiger partial charge < -0.3 is 15.1 Å². The van der Waals surface area contributed by atoms with E-state index in [1.807, 2.05) is 11.0 Å². The van der Waals surface area contributed by atoms with E-state index >= 15 is 0 Å². The monoisotopic (exact) mass is 278 g/mol. The molecule has 0 aliphatic carbocycles. The Balaban J connectivity index is 1.91. The lowest BCUT2D eigenvalue weighted by atomic mass is 10.1. The van der Waals surface area contributed by atoms with Crippen LogP contribution in [0.15, 0.2) is 24.3 Å². The van der Waals surface area contributed by atoms with Crippen molar-refractivity contribution in [2.24, 2.45) is 0 Å². The topological polar surface area (TPSA) is 64.0 Å². The maximum absolute atomic E-state index is 10.9. The molecule has 1 aromatic rings. The molecule has 0 amide bonds. The van der Waals surface area contributed by atoms with Gasteiger partial charge in [0.15, 0.2) is 5.60 Å². The van der Waals surface area contributed by atoms with Gasteiger partial charge in [-0.1, -0.05) is 12.1 Å². The first-order valence-electron chi connectivity index (χ1n) is 6.88. The summed E-state index contributed by atoms with van der Waals surface area (Å²) < 4.78 is 0. The standard InChI is InChI=1S/C15H22N2O3/c1-12-4-3-5-13(10-12)17-8-6-16(7-9-17)11-15(2,20)14(18)19/h3-5,10,20H,6-9,11H2,1-2H3,(H,18,19). The maximum Gasteiger partial charge on any atom is 0.336 e. The zero-order valence-electron chi connectivity index (χ0n) is 12.0. The smallest absolute Gasteiger partial charge is 0.336 e. The number of nitrogens with zero attached hydrogens (tertiary/aromatic N) is 2. The van der Waals surface area contributed by atoms with Crippen LogP contribution in [0, 0.1) is 6.92 Å². The predicted molar refractivity (Wildman–Crippen MR) is 78.1 cm³/mol. The molecule has 1 atom stereocenters. The van der Waals surface area contributed by atoms with Gasteiger partial charge in [-0.05, 0) is 31.5 Å². The molecular formula is C15H22N2O3. The van der Waals surface area contributed by atoms with Crippen LogP contribution >= 0.6 is 0 Å². The molecule has 2 rings (SSSR count). The van der Waals surface area contributed by atoms with Crippen molar-refractivity contribution in [2.75, 3.05) is 37.6 Å². The highest BCUT2D eigenvalue weighted by Crippen LogP contribution is 2.18. The molecule has 0 aromatic heterocycles. The second-order valence-electron chi connectivity index (χ2n) is 5.68. The van der Waals surface area contributed by atoms with Crippen molar-refractivity contribution in [2.45, 2.75) is 19.4 Å². The molecule has 1 aromatic carbocycles. The van der Waals surface area contributed by atoms with E-state index in [4.69, 9.17) is 5.11 Å². The van der Waals surface area contributed by atoms with Crippen molar-refractivity contribution in [1.82, 2.24) is 4.90 Å². The van der Waals surface area contributed by atoms with Crippen molar-refractivity contribution in [3.05, 3.63) is 29.8 Å². The summed E-state index contributed by atoms with van der Waals surface area (Å²) in [5, 5.41) is 18.8. The molecule has 20 heavy (non-hydrogen) atoms. The Labute approximate surface area is 119 Å². The number of rotatable bonds is 4. The van der Waals surface area contributed by atoms with Crippen molar-refractivity contribution >= 4 is 11.7 Å². The van der Waals surface area contributed by atoms with Crippen LogP contribution in [0.4, 0.5) is 5.69 Å². The van der Waals surface area contributed by atoms with E-state index in [9.17, 15) is 9.90 Å². The van der Waals surface area contributed by atoms with Crippen LogP contribution in [0.3, 0.4) is 0 Å². The fraction of sp³-hybridized carbons (Fsp3) is 0.533. The lowest BCUT2D eigenvalue weighted by molar-refractivity contribution is -0.158. The van der Waals surface area contributed by atoms with Crippen LogP contribution < -0.4 is 4.90 Å². The van der Waals surface area contributed by atoms with Crippen LogP contribution in [-0.2, 0) is 4.79 Å². The van der Waals surface area contributed by atoms with Gasteiger partial charge in [0.05, 0.1) is 0 Å². The second-order valence-corrected chi connectivity index (χ2v) is 5.68. The molecular weight excluding hydrogens is 256 g/mol. The van der Waals surface area contributed by atoms with Gasteiger partial charge in [-0.15, -0.1) is 0 Å². The number of aliphatic hydroxyl groups is 1. The number of carboxylic acid groups (broad SMARTS) is 1. The second kappa shape index (κ2) is 5.81. The minimum Gasteiger partial charge on any atom is -0.479 e. The summed E-state index contributed by atoms with van der Waals surface area (Å²) in [5.41, 5.74) is 0.763.